The molecule has 2 aromatic rings. The molecule has 0 aromatic carbocycles. The van der Waals surface area contributed by atoms with Gasteiger partial charge in [0.25, 0.3) is 0 Å². The van der Waals surface area contributed by atoms with Crippen LogP contribution in [-0.4, -0.2) is 35.3 Å². The zero-order valence-corrected chi connectivity index (χ0v) is 12.2. The maximum Gasteiger partial charge on any atom is 0.203 e. The van der Waals surface area contributed by atoms with E-state index >= 15 is 0 Å². The van der Waals surface area contributed by atoms with Gasteiger partial charge in [-0.1, -0.05) is 11.3 Å². The summed E-state index contributed by atoms with van der Waals surface area (Å²) in [5.74, 6) is 1.39. The molecule has 0 spiro atoms. The average Bonchev–Trinajstić information content (AvgIpc) is 2.94. The molecule has 3 N–H and O–H groups in total. The minimum absolute atomic E-state index is 0.491. The number of nitrogen functional groups attached to an aromatic ring is 1. The van der Waals surface area contributed by atoms with E-state index in [1.165, 1.54) is 17.0 Å². The molecule has 3 rings (SSSR count). The molecule has 0 radical (unpaired) electrons. The molecule has 3 heterocycles. The van der Waals surface area contributed by atoms with Crippen LogP contribution in [-0.2, 0) is 0 Å². The maximum absolute atomic E-state index is 5.65. The summed E-state index contributed by atoms with van der Waals surface area (Å²) in [7, 11) is 1.88. The average molecular weight is 290 g/mol. The molecule has 7 heteroatoms. The molecular formula is C13H18N6S. The molecule has 2 aromatic heterocycles. The first-order valence-electron chi connectivity index (χ1n) is 6.74. The summed E-state index contributed by atoms with van der Waals surface area (Å²) in [4.78, 5) is 6.73. The Hall–Kier alpha value is -1.89. The lowest BCUT2D eigenvalue weighted by Crippen LogP contribution is -2.32. The van der Waals surface area contributed by atoms with E-state index in [9.17, 15) is 0 Å². The van der Waals surface area contributed by atoms with Crippen molar-refractivity contribution in [2.45, 2.75) is 18.8 Å². The molecule has 1 saturated heterocycles. The first kappa shape index (κ1) is 13.1. The van der Waals surface area contributed by atoms with E-state index in [1.54, 1.807) is 0 Å². The topological polar surface area (TPSA) is 80.0 Å². The van der Waals surface area contributed by atoms with Gasteiger partial charge in [-0.3, -0.25) is 0 Å². The molecule has 1 aliphatic heterocycles. The van der Waals surface area contributed by atoms with Crippen molar-refractivity contribution in [3.05, 3.63) is 23.3 Å². The van der Waals surface area contributed by atoms with Crippen LogP contribution in [0.2, 0.25) is 0 Å². The Morgan fingerprint density at radius 2 is 2.10 bits per heavy atom. The Balaban J connectivity index is 1.63. The Labute approximate surface area is 122 Å². The van der Waals surface area contributed by atoms with Crippen molar-refractivity contribution in [2.75, 3.05) is 36.1 Å². The number of nitrogens with zero attached hydrogens (tertiary/aromatic N) is 4. The second kappa shape index (κ2) is 5.62. The summed E-state index contributed by atoms with van der Waals surface area (Å²) in [6, 6.07) is 4.12. The molecule has 0 aliphatic carbocycles. The summed E-state index contributed by atoms with van der Waals surface area (Å²) >= 11 is 1.51. The predicted molar refractivity (Wildman–Crippen MR) is 82.3 cm³/mol. The van der Waals surface area contributed by atoms with Gasteiger partial charge < -0.3 is 16.0 Å². The first-order valence-corrected chi connectivity index (χ1v) is 7.55. The fourth-order valence-electron chi connectivity index (χ4n) is 2.52. The van der Waals surface area contributed by atoms with E-state index < -0.39 is 0 Å². The number of hydrogen-bond donors (Lipinski definition) is 2. The number of rotatable bonds is 3. The number of nitrogens with two attached hydrogens (primary N) is 1. The highest BCUT2D eigenvalue weighted by atomic mass is 32.1. The van der Waals surface area contributed by atoms with Crippen LogP contribution in [0.4, 0.5) is 16.6 Å². The van der Waals surface area contributed by atoms with Crippen LogP contribution in [0.5, 0.6) is 0 Å². The standard InChI is InChI=1S/C13H18N6S/c1-15-11-3-2-10(8-16-11)19-6-4-9(5-7-19)12-17-18-13(14)20-12/h2-3,8-9H,4-7H2,1H3,(H2,14,18)(H,15,16). The molecule has 20 heavy (non-hydrogen) atoms. The molecule has 0 bridgehead atoms. The fourth-order valence-corrected chi connectivity index (χ4v) is 3.30. The Morgan fingerprint density at radius 3 is 2.65 bits per heavy atom. The van der Waals surface area contributed by atoms with Gasteiger partial charge in [0.15, 0.2) is 0 Å². The highest BCUT2D eigenvalue weighted by Crippen LogP contribution is 2.32. The van der Waals surface area contributed by atoms with Crippen molar-refractivity contribution in [2.24, 2.45) is 0 Å². The minimum Gasteiger partial charge on any atom is -0.374 e. The Bertz CT molecular complexity index is 558. The first-order chi connectivity index (χ1) is 9.76. The summed E-state index contributed by atoms with van der Waals surface area (Å²) in [6.45, 7) is 2.04. The quantitative estimate of drug-likeness (QED) is 0.899. The third-order valence-corrected chi connectivity index (χ3v) is 4.58. The molecular weight excluding hydrogens is 272 g/mol. The zero-order chi connectivity index (χ0) is 13.9. The molecule has 106 valence electrons. The van der Waals surface area contributed by atoms with Crippen LogP contribution < -0.4 is 16.0 Å². The smallest absolute Gasteiger partial charge is 0.203 e. The van der Waals surface area contributed by atoms with Crippen molar-refractivity contribution in [1.82, 2.24) is 15.2 Å². The highest BCUT2D eigenvalue weighted by molar-refractivity contribution is 7.15. The minimum atomic E-state index is 0.491. The largest absolute Gasteiger partial charge is 0.374 e. The lowest BCUT2D eigenvalue weighted by atomic mass is 9.97. The normalized spacial score (nSPS) is 16.4. The van der Waals surface area contributed by atoms with Gasteiger partial charge in [-0.25, -0.2) is 4.98 Å². The van der Waals surface area contributed by atoms with Crippen LogP contribution in [0, 0.1) is 0 Å². The fraction of sp³-hybridized carbons (Fsp3) is 0.462. The molecule has 0 unspecified atom stereocenters. The van der Waals surface area contributed by atoms with Crippen molar-refractivity contribution >= 4 is 28.0 Å². The second-order valence-electron chi connectivity index (χ2n) is 4.89. The molecule has 0 atom stereocenters. The van der Waals surface area contributed by atoms with Crippen LogP contribution in [0.15, 0.2) is 18.3 Å². The number of hydrogen-bond acceptors (Lipinski definition) is 7. The third kappa shape index (κ3) is 2.67. The van der Waals surface area contributed by atoms with Crippen LogP contribution in [0.3, 0.4) is 0 Å². The molecule has 0 saturated carbocycles. The summed E-state index contributed by atoms with van der Waals surface area (Å²) < 4.78 is 0. The van der Waals surface area contributed by atoms with Gasteiger partial charge in [-0.05, 0) is 25.0 Å². The van der Waals surface area contributed by atoms with Gasteiger partial charge >= 0.3 is 0 Å². The van der Waals surface area contributed by atoms with Gasteiger partial charge in [0.1, 0.15) is 10.8 Å². The van der Waals surface area contributed by atoms with Gasteiger partial charge in [0, 0.05) is 26.1 Å². The Morgan fingerprint density at radius 1 is 1.30 bits per heavy atom. The van der Waals surface area contributed by atoms with Crippen molar-refractivity contribution < 1.29 is 0 Å². The van der Waals surface area contributed by atoms with Crippen LogP contribution >= 0.6 is 11.3 Å². The van der Waals surface area contributed by atoms with Crippen molar-refractivity contribution in [1.29, 1.82) is 0 Å². The van der Waals surface area contributed by atoms with E-state index in [-0.39, 0.29) is 0 Å². The van der Waals surface area contributed by atoms with Gasteiger partial charge in [-0.15, -0.1) is 10.2 Å². The third-order valence-electron chi connectivity index (χ3n) is 3.67. The zero-order valence-electron chi connectivity index (χ0n) is 11.4. The number of nitrogens with one attached hydrogen (secondary N) is 1. The van der Waals surface area contributed by atoms with Crippen molar-refractivity contribution in [3.63, 3.8) is 0 Å². The molecule has 1 aliphatic rings. The highest BCUT2D eigenvalue weighted by Gasteiger charge is 2.23. The summed E-state index contributed by atoms with van der Waals surface area (Å²) in [6.07, 6.45) is 4.10. The molecule has 6 nitrogen and oxygen atoms in total. The Kier molecular flexibility index (Phi) is 3.68. The van der Waals surface area contributed by atoms with Gasteiger partial charge in [0.2, 0.25) is 5.13 Å². The van der Waals surface area contributed by atoms with Crippen LogP contribution in [0.25, 0.3) is 0 Å². The predicted octanol–water partition coefficient (Wildman–Crippen LogP) is 1.94. The lowest BCUT2D eigenvalue weighted by Gasteiger charge is -2.32. The van der Waals surface area contributed by atoms with E-state index in [0.29, 0.717) is 11.0 Å². The number of piperidine rings is 1. The second-order valence-corrected chi connectivity index (χ2v) is 5.93. The van der Waals surface area contributed by atoms with E-state index in [4.69, 9.17) is 5.73 Å². The van der Waals surface area contributed by atoms with Crippen molar-refractivity contribution in [3.8, 4) is 0 Å². The summed E-state index contributed by atoms with van der Waals surface area (Å²) in [5.41, 5.74) is 6.83. The van der Waals surface area contributed by atoms with Crippen LogP contribution in [0.1, 0.15) is 23.8 Å². The molecule has 0 amide bonds. The van der Waals surface area contributed by atoms with Gasteiger partial charge in [0.05, 0.1) is 11.9 Å². The number of pyridine rings is 1. The lowest BCUT2D eigenvalue weighted by molar-refractivity contribution is 0.501. The SMILES string of the molecule is CNc1ccc(N2CCC(c3nnc(N)s3)CC2)cn1. The molecule has 1 fully saturated rings. The van der Waals surface area contributed by atoms with E-state index in [1.807, 2.05) is 19.3 Å². The number of anilines is 3. The maximum atomic E-state index is 5.65. The van der Waals surface area contributed by atoms with E-state index in [2.05, 4.69) is 31.5 Å². The summed E-state index contributed by atoms with van der Waals surface area (Å²) in [5, 5.41) is 12.7. The van der Waals surface area contributed by atoms with E-state index in [0.717, 1.165) is 36.8 Å². The monoisotopic (exact) mass is 290 g/mol. The van der Waals surface area contributed by atoms with Gasteiger partial charge in [-0.2, -0.15) is 0 Å². The number of aromatic nitrogens is 3.